The number of unbranched alkanes of at least 4 members (excludes halogenated alkanes) is 5. The monoisotopic (exact) mass is 813 g/mol. The number of carbonyl (C=O) groups excluding carboxylic acids is 2. The molecule has 0 aliphatic carbocycles. The smallest absolute Gasteiger partial charge is 0.227 e. The Hall–Kier alpha value is -2.18. The molecule has 0 spiro atoms. The Morgan fingerprint density at radius 2 is 1.75 bits per heavy atom. The largest absolute Gasteiger partial charge is 0.493 e. The van der Waals surface area contributed by atoms with E-state index in [9.17, 15) is 34.4 Å². The molecule has 2 amide bonds. The zero-order valence-electron chi connectivity index (χ0n) is 32.9. The van der Waals surface area contributed by atoms with E-state index in [1.54, 1.807) is 12.1 Å². The summed E-state index contributed by atoms with van der Waals surface area (Å²) in [5, 5.41) is 45.6. The molecule has 2 unspecified atom stereocenters. The van der Waals surface area contributed by atoms with Crippen molar-refractivity contribution in [3.05, 3.63) is 29.6 Å². The molecule has 1 aromatic carbocycles. The number of carbonyl (C=O) groups is 2. The van der Waals surface area contributed by atoms with Gasteiger partial charge in [-0.3, -0.25) is 24.7 Å². The summed E-state index contributed by atoms with van der Waals surface area (Å²) in [5.41, 5.74) is 0.270. The summed E-state index contributed by atoms with van der Waals surface area (Å²) in [6.45, 7) is 7.61. The van der Waals surface area contributed by atoms with Gasteiger partial charge in [-0.15, -0.1) is 11.6 Å². The Kier molecular flexibility index (Phi) is 18.3. The number of hydrogen-bond acceptors (Lipinski definition) is 12. The fourth-order valence-electron chi connectivity index (χ4n) is 8.08. The molecule has 4 heterocycles. The fourth-order valence-corrected chi connectivity index (χ4v) is 8.35. The molecule has 5 rings (SSSR count). The van der Waals surface area contributed by atoms with Gasteiger partial charge < -0.3 is 44.9 Å². The summed E-state index contributed by atoms with van der Waals surface area (Å²) in [4.78, 5) is 32.0. The van der Waals surface area contributed by atoms with Crippen molar-refractivity contribution in [2.75, 3.05) is 72.2 Å². The second-order valence-corrected chi connectivity index (χ2v) is 16.5. The van der Waals surface area contributed by atoms with Crippen LogP contribution in [-0.4, -0.2) is 161 Å². The predicted octanol–water partition coefficient (Wildman–Crippen LogP) is 1.79. The number of piperidine rings is 1. The van der Waals surface area contributed by atoms with Gasteiger partial charge in [0.15, 0.2) is 6.29 Å². The number of nitrogens with zero attached hydrogens (tertiary/aromatic N) is 3. The minimum absolute atomic E-state index is 0.0600. The molecule has 4 fully saturated rings. The average Bonchev–Trinajstić information content (AvgIpc) is 3.17. The number of ether oxygens (including phenoxy) is 3. The lowest BCUT2D eigenvalue weighted by atomic mass is 9.92. The summed E-state index contributed by atoms with van der Waals surface area (Å²) in [5.74, 6) is -0.389. The summed E-state index contributed by atoms with van der Waals surface area (Å²) < 4.78 is 31.5. The van der Waals surface area contributed by atoms with Crippen molar-refractivity contribution < 1.29 is 48.6 Å². The van der Waals surface area contributed by atoms with Crippen molar-refractivity contribution in [3.8, 4) is 5.75 Å². The van der Waals surface area contributed by atoms with Crippen LogP contribution in [-0.2, 0) is 25.5 Å². The van der Waals surface area contributed by atoms with Gasteiger partial charge in [0.25, 0.3) is 0 Å². The number of nitrogens with one attached hydrogen (secondary N) is 2. The van der Waals surface area contributed by atoms with Gasteiger partial charge >= 0.3 is 0 Å². The molecule has 4 aliphatic heterocycles. The van der Waals surface area contributed by atoms with Gasteiger partial charge in [0.05, 0.1) is 37.5 Å². The van der Waals surface area contributed by atoms with Crippen LogP contribution in [0.4, 0.5) is 4.39 Å². The number of benzene rings is 1. The Labute approximate surface area is 336 Å². The minimum atomic E-state index is -1.55. The quantitative estimate of drug-likeness (QED) is 0.0786. The van der Waals surface area contributed by atoms with Gasteiger partial charge in [-0.2, -0.15) is 0 Å². The fraction of sp³-hybridized carbons (Fsp3) is 0.800. The standard InChI is InChI=1S/C40H65ClFN5O9/c1-2-3-4-5-6-7-15-46-25-30(41)22-44-40(46)45-16-12-27(13-17-45)9-8-18-54-31-11-10-28(32(42)21-31)20-34(49)47-23-29(24-47)38(53)43-14-19-55-39-37(52)36(51)35(50)33(26-48)56-39/h10-11,21,27,29-30,33,35-37,39-40,44,48,50-52H,2-9,12-20,22-26H2,1H3,(H,43,53)/t30?,33-,35-,36+,37+,39+,40?/m1/s1. The molecule has 0 saturated carbocycles. The Balaban J connectivity index is 0.924. The highest BCUT2D eigenvalue weighted by Gasteiger charge is 2.44. The van der Waals surface area contributed by atoms with Gasteiger partial charge in [-0.1, -0.05) is 45.1 Å². The van der Waals surface area contributed by atoms with Crippen molar-refractivity contribution in [3.63, 3.8) is 0 Å². The van der Waals surface area contributed by atoms with Crippen molar-refractivity contribution in [1.82, 2.24) is 25.3 Å². The lowest BCUT2D eigenvalue weighted by Crippen LogP contribution is -2.64. The Bertz CT molecular complexity index is 1360. The first kappa shape index (κ1) is 44.9. The maximum atomic E-state index is 15.0. The number of rotatable bonds is 21. The van der Waals surface area contributed by atoms with E-state index in [1.165, 1.54) is 49.5 Å². The van der Waals surface area contributed by atoms with Gasteiger partial charge in [0, 0.05) is 58.4 Å². The van der Waals surface area contributed by atoms with Crippen LogP contribution in [0.2, 0.25) is 0 Å². The highest BCUT2D eigenvalue weighted by atomic mass is 35.5. The van der Waals surface area contributed by atoms with Gasteiger partial charge in [-0.05, 0) is 49.7 Å². The van der Waals surface area contributed by atoms with Crippen LogP contribution in [0.25, 0.3) is 0 Å². The van der Waals surface area contributed by atoms with E-state index in [0.29, 0.717) is 18.3 Å². The van der Waals surface area contributed by atoms with E-state index in [2.05, 4.69) is 27.4 Å². The zero-order valence-corrected chi connectivity index (χ0v) is 33.7. The highest BCUT2D eigenvalue weighted by molar-refractivity contribution is 6.21. The molecule has 6 N–H and O–H groups in total. The zero-order chi connectivity index (χ0) is 40.0. The number of halogens is 2. The van der Waals surface area contributed by atoms with Gasteiger partial charge in [0.1, 0.15) is 42.3 Å². The molecule has 318 valence electrons. The van der Waals surface area contributed by atoms with Crippen LogP contribution >= 0.6 is 11.6 Å². The van der Waals surface area contributed by atoms with Crippen LogP contribution in [0.3, 0.4) is 0 Å². The number of amides is 2. The molecule has 0 radical (unpaired) electrons. The first-order valence-corrected chi connectivity index (χ1v) is 21.3. The molecule has 4 aliphatic rings. The summed E-state index contributed by atoms with van der Waals surface area (Å²) in [7, 11) is 0. The third-order valence-corrected chi connectivity index (χ3v) is 11.9. The first-order chi connectivity index (χ1) is 27.1. The second kappa shape index (κ2) is 22.8. The summed E-state index contributed by atoms with van der Waals surface area (Å²) in [6, 6.07) is 4.61. The Morgan fingerprint density at radius 1 is 1.00 bits per heavy atom. The maximum Gasteiger partial charge on any atom is 0.227 e. The lowest BCUT2D eigenvalue weighted by Gasteiger charge is -2.46. The van der Waals surface area contributed by atoms with Crippen molar-refractivity contribution in [1.29, 1.82) is 0 Å². The second-order valence-electron chi connectivity index (χ2n) is 15.9. The van der Waals surface area contributed by atoms with E-state index in [0.717, 1.165) is 58.4 Å². The predicted molar refractivity (Wildman–Crippen MR) is 208 cm³/mol. The molecule has 7 atom stereocenters. The lowest BCUT2D eigenvalue weighted by molar-refractivity contribution is -0.300. The maximum absolute atomic E-state index is 15.0. The third-order valence-electron chi connectivity index (χ3n) is 11.6. The SMILES string of the molecule is CCCCCCCCN1CC(Cl)CNC1N1CCC(CCCOc2ccc(CC(=O)N3CC(C(=O)NCCO[C@H]4O[C@H](CO)[C@@H](O)[C@H](O)[C@@H]4O)C3)c(F)c2)CC1. The topological polar surface area (TPSA) is 177 Å². The number of aliphatic hydroxyl groups is 4. The molecule has 0 bridgehead atoms. The molecular weight excluding hydrogens is 749 g/mol. The third kappa shape index (κ3) is 12.9. The summed E-state index contributed by atoms with van der Waals surface area (Å²) >= 11 is 6.54. The van der Waals surface area contributed by atoms with Crippen LogP contribution in [0.5, 0.6) is 5.75 Å². The summed E-state index contributed by atoms with van der Waals surface area (Å²) in [6.07, 6.45) is 5.22. The van der Waals surface area contributed by atoms with E-state index in [-0.39, 0.29) is 61.7 Å². The van der Waals surface area contributed by atoms with Crippen LogP contribution in [0, 0.1) is 17.7 Å². The van der Waals surface area contributed by atoms with E-state index in [1.807, 2.05) is 0 Å². The minimum Gasteiger partial charge on any atom is -0.493 e. The molecule has 1 aromatic rings. The van der Waals surface area contributed by atoms with Crippen LogP contribution < -0.4 is 15.4 Å². The van der Waals surface area contributed by atoms with E-state index >= 15 is 0 Å². The number of hydrogen-bond donors (Lipinski definition) is 6. The van der Waals surface area contributed by atoms with Crippen molar-refractivity contribution >= 4 is 23.4 Å². The number of alkyl halides is 1. The molecule has 4 saturated heterocycles. The molecule has 0 aromatic heterocycles. The molecule has 14 nitrogen and oxygen atoms in total. The van der Waals surface area contributed by atoms with Crippen LogP contribution in [0.1, 0.15) is 76.7 Å². The van der Waals surface area contributed by atoms with E-state index < -0.39 is 49.0 Å². The normalized spacial score (nSPS) is 28.3. The highest BCUT2D eigenvalue weighted by Crippen LogP contribution is 2.27. The molecule has 16 heteroatoms. The van der Waals surface area contributed by atoms with Crippen molar-refractivity contribution in [2.24, 2.45) is 11.8 Å². The number of aliphatic hydroxyl groups excluding tert-OH is 4. The van der Waals surface area contributed by atoms with Crippen molar-refractivity contribution in [2.45, 2.75) is 120 Å². The van der Waals surface area contributed by atoms with Crippen LogP contribution in [0.15, 0.2) is 18.2 Å². The molecular formula is C40H65ClFN5O9. The van der Waals surface area contributed by atoms with Gasteiger partial charge in [-0.25, -0.2) is 4.39 Å². The number of likely N-dealkylation sites (tertiary alicyclic amines) is 2. The van der Waals surface area contributed by atoms with Gasteiger partial charge in [0.2, 0.25) is 11.8 Å². The first-order valence-electron chi connectivity index (χ1n) is 20.8. The molecule has 56 heavy (non-hydrogen) atoms. The average molecular weight is 814 g/mol. The van der Waals surface area contributed by atoms with E-state index in [4.69, 9.17) is 25.8 Å². The Morgan fingerprint density at radius 3 is 2.48 bits per heavy atom.